The zero-order chi connectivity index (χ0) is 20.0. The Morgan fingerprint density at radius 1 is 1.00 bits per heavy atom. The average molecular weight is 402 g/mol. The minimum Gasteiger partial charge on any atom is -0.858 e. The summed E-state index contributed by atoms with van der Waals surface area (Å²) >= 11 is 0. The van der Waals surface area contributed by atoms with Crippen LogP contribution in [-0.4, -0.2) is 28.7 Å². The van der Waals surface area contributed by atoms with Crippen LogP contribution in [0.1, 0.15) is 5.69 Å². The summed E-state index contributed by atoms with van der Waals surface area (Å²) in [5.41, 5.74) is 3.45. The molecule has 0 radical (unpaired) electrons. The minimum atomic E-state index is -0.729. The van der Waals surface area contributed by atoms with Gasteiger partial charge in [0.2, 0.25) is 0 Å². The smallest absolute Gasteiger partial charge is 0.858 e. The first-order valence-electron chi connectivity index (χ1n) is 8.65. The minimum absolute atomic E-state index is 0. The molecule has 5 nitrogen and oxygen atoms in total. The predicted molar refractivity (Wildman–Crippen MR) is 102 cm³/mol. The number of rotatable bonds is 3. The van der Waals surface area contributed by atoms with Crippen LogP contribution >= 0.6 is 0 Å². The number of benzene rings is 2. The maximum atomic E-state index is 14.4. The van der Waals surface area contributed by atoms with Crippen molar-refractivity contribution in [2.24, 2.45) is 0 Å². The normalized spacial score (nSPS) is 10.8. The monoisotopic (exact) mass is 402 g/mol. The van der Waals surface area contributed by atoms with Gasteiger partial charge in [0.05, 0.1) is 17.0 Å². The molecule has 142 valence electrons. The Kier molecular flexibility index (Phi) is 5.93. The van der Waals surface area contributed by atoms with Gasteiger partial charge in [0.1, 0.15) is 11.6 Å². The van der Waals surface area contributed by atoms with Crippen molar-refractivity contribution in [1.29, 1.82) is 0 Å². The number of nitrogens with zero attached hydrogens (tertiary/aromatic N) is 4. The molecule has 0 saturated carbocycles. The Balaban J connectivity index is 0.00000240. The second kappa shape index (κ2) is 8.10. The van der Waals surface area contributed by atoms with Gasteiger partial charge in [-0.25, -0.2) is 18.3 Å². The van der Waals surface area contributed by atoms with Crippen LogP contribution in [0.3, 0.4) is 0 Å². The van der Waals surface area contributed by atoms with Crippen molar-refractivity contribution in [1.82, 2.24) is 14.6 Å². The Morgan fingerprint density at radius 2 is 1.69 bits per heavy atom. The number of anilines is 1. The topological polar surface area (TPSA) is 56.5 Å². The molecule has 0 saturated heterocycles. The van der Waals surface area contributed by atoms with Gasteiger partial charge in [0.15, 0.2) is 5.65 Å². The molecule has 29 heavy (non-hydrogen) atoms. The van der Waals surface area contributed by atoms with E-state index in [1.807, 2.05) is 43.3 Å². The summed E-state index contributed by atoms with van der Waals surface area (Å²) in [6, 6.07) is 12.3. The molecule has 0 N–H and O–H groups in total. The van der Waals surface area contributed by atoms with Gasteiger partial charge in [0, 0.05) is 37.0 Å². The largest absolute Gasteiger partial charge is 1.00 e. The molecule has 0 atom stereocenters. The van der Waals surface area contributed by atoms with E-state index in [4.69, 9.17) is 0 Å². The number of fused-ring (bicyclic) bond motifs is 1. The number of aryl methyl sites for hydroxylation is 1. The summed E-state index contributed by atoms with van der Waals surface area (Å²) in [4.78, 5) is 6.54. The number of hydrogen-bond donors (Lipinski definition) is 0. The molecule has 0 amide bonds. The summed E-state index contributed by atoms with van der Waals surface area (Å²) in [5.74, 6) is -1.77. The molecule has 2 aromatic heterocycles. The Bertz CT molecular complexity index is 1190. The van der Waals surface area contributed by atoms with E-state index in [9.17, 15) is 13.9 Å². The molecule has 0 bridgehead atoms. The van der Waals surface area contributed by atoms with Gasteiger partial charge in [0.25, 0.3) is 0 Å². The van der Waals surface area contributed by atoms with Crippen molar-refractivity contribution < 1.29 is 43.4 Å². The van der Waals surface area contributed by atoms with E-state index in [2.05, 4.69) is 10.1 Å². The standard InChI is InChI=1S/C21H18F2N4O.Na/c1-12-20(16-9-6-14(22)10-17(16)23)21-24-18(11-19(28)27(21)25-12)13-4-7-15(8-5-13)26(2)3;/h4-11,28H,1-3H3;/q;+1/p-1. The first-order valence-corrected chi connectivity index (χ1v) is 8.65. The molecule has 8 heteroatoms. The molecule has 0 aliphatic rings. The van der Waals surface area contributed by atoms with Crippen LogP contribution in [0.15, 0.2) is 48.5 Å². The maximum absolute atomic E-state index is 14.4. The van der Waals surface area contributed by atoms with E-state index in [-0.39, 0.29) is 46.6 Å². The van der Waals surface area contributed by atoms with E-state index < -0.39 is 11.6 Å². The number of hydrogen-bond acceptors (Lipinski definition) is 4. The van der Waals surface area contributed by atoms with Crippen molar-refractivity contribution in [2.45, 2.75) is 6.92 Å². The average Bonchev–Trinajstić information content (AvgIpc) is 2.98. The summed E-state index contributed by atoms with van der Waals surface area (Å²) < 4.78 is 28.8. The molecule has 0 fully saturated rings. The third kappa shape index (κ3) is 3.85. The quantitative estimate of drug-likeness (QED) is 0.476. The van der Waals surface area contributed by atoms with Crippen molar-refractivity contribution in [3.8, 4) is 28.3 Å². The van der Waals surface area contributed by atoms with E-state index in [1.54, 1.807) is 6.92 Å². The van der Waals surface area contributed by atoms with Crippen molar-refractivity contribution in [3.05, 3.63) is 65.9 Å². The van der Waals surface area contributed by atoms with Gasteiger partial charge in [-0.2, -0.15) is 5.10 Å². The van der Waals surface area contributed by atoms with Crippen molar-refractivity contribution in [2.75, 3.05) is 19.0 Å². The van der Waals surface area contributed by atoms with Gasteiger partial charge < -0.3 is 10.0 Å². The third-order valence-electron chi connectivity index (χ3n) is 4.61. The summed E-state index contributed by atoms with van der Waals surface area (Å²) in [7, 11) is 3.88. The zero-order valence-electron chi connectivity index (χ0n) is 16.6. The Labute approximate surface area is 188 Å². The molecule has 0 spiro atoms. The van der Waals surface area contributed by atoms with Gasteiger partial charge >= 0.3 is 29.6 Å². The molecule has 4 aromatic rings. The fourth-order valence-corrected chi connectivity index (χ4v) is 3.18. The molecule has 4 rings (SSSR count). The first-order chi connectivity index (χ1) is 13.3. The van der Waals surface area contributed by atoms with Crippen LogP contribution in [0.2, 0.25) is 0 Å². The van der Waals surface area contributed by atoms with Crippen LogP contribution < -0.4 is 39.6 Å². The molecular formula is C21H17F2N4NaO. The van der Waals surface area contributed by atoms with E-state index in [0.717, 1.165) is 21.8 Å². The number of aromatic nitrogens is 3. The SMILES string of the molecule is Cc1nn2c([O-])cc(-c3ccc(N(C)C)cc3)nc2c1-c1ccc(F)cc1F.[Na+]. The molecule has 2 aromatic carbocycles. The molecule has 0 aliphatic carbocycles. The Hall–Kier alpha value is -2.48. The fourth-order valence-electron chi connectivity index (χ4n) is 3.18. The Morgan fingerprint density at radius 3 is 2.31 bits per heavy atom. The van der Waals surface area contributed by atoms with Crippen LogP contribution in [0, 0.1) is 18.6 Å². The van der Waals surface area contributed by atoms with Crippen molar-refractivity contribution >= 4 is 11.3 Å². The van der Waals surface area contributed by atoms with Crippen LogP contribution in [0.5, 0.6) is 5.88 Å². The van der Waals surface area contributed by atoms with Crippen LogP contribution in [0.4, 0.5) is 14.5 Å². The van der Waals surface area contributed by atoms with Crippen LogP contribution in [0.25, 0.3) is 28.0 Å². The van der Waals surface area contributed by atoms with Crippen molar-refractivity contribution in [3.63, 3.8) is 0 Å². The third-order valence-corrected chi connectivity index (χ3v) is 4.61. The van der Waals surface area contributed by atoms with E-state index >= 15 is 0 Å². The van der Waals surface area contributed by atoms with Crippen LogP contribution in [-0.2, 0) is 0 Å². The first kappa shape index (κ1) is 21.2. The van der Waals surface area contributed by atoms with Gasteiger partial charge in [-0.3, -0.25) is 0 Å². The summed E-state index contributed by atoms with van der Waals surface area (Å²) in [6.07, 6.45) is 0. The van der Waals surface area contributed by atoms with Gasteiger partial charge in [-0.15, -0.1) is 0 Å². The maximum Gasteiger partial charge on any atom is 1.00 e. The second-order valence-electron chi connectivity index (χ2n) is 6.74. The predicted octanol–water partition coefficient (Wildman–Crippen LogP) is 0.794. The fraction of sp³-hybridized carbons (Fsp3) is 0.143. The van der Waals surface area contributed by atoms with E-state index in [0.29, 0.717) is 17.0 Å². The second-order valence-corrected chi connectivity index (χ2v) is 6.74. The molecule has 2 heterocycles. The summed E-state index contributed by atoms with van der Waals surface area (Å²) in [6.45, 7) is 1.66. The number of halogens is 2. The van der Waals surface area contributed by atoms with Gasteiger partial charge in [-0.05, 0) is 43.1 Å². The molecular weight excluding hydrogens is 385 g/mol. The molecule has 0 unspecified atom stereocenters. The molecule has 0 aliphatic heterocycles. The van der Waals surface area contributed by atoms with Gasteiger partial charge in [-0.1, -0.05) is 12.1 Å². The summed E-state index contributed by atoms with van der Waals surface area (Å²) in [5, 5.41) is 16.8. The van der Waals surface area contributed by atoms with E-state index in [1.165, 1.54) is 18.2 Å². The zero-order valence-corrected chi connectivity index (χ0v) is 18.6.